The first-order valence-electron chi connectivity index (χ1n) is 7.48. The zero-order chi connectivity index (χ0) is 15.2. The number of hydrogen-bond acceptors (Lipinski definition) is 4. The Balaban J connectivity index is 1.90. The highest BCUT2D eigenvalue weighted by atomic mass is 32.2. The Bertz CT molecular complexity index is 603. The van der Waals surface area contributed by atoms with Crippen LogP contribution in [0.5, 0.6) is 0 Å². The van der Waals surface area contributed by atoms with Crippen molar-refractivity contribution in [2.24, 2.45) is 0 Å². The third kappa shape index (κ3) is 2.63. The molecule has 1 aliphatic carbocycles. The number of ketones is 1. The number of thioether (sulfide) groups is 1. The number of amides is 1. The molecule has 1 fully saturated rings. The topological polar surface area (TPSA) is 50.5 Å². The second kappa shape index (κ2) is 5.20. The van der Waals surface area contributed by atoms with Gasteiger partial charge < -0.3 is 9.32 Å². The van der Waals surface area contributed by atoms with Gasteiger partial charge in [-0.15, -0.1) is 0 Å². The van der Waals surface area contributed by atoms with Crippen molar-refractivity contribution in [2.45, 2.75) is 44.8 Å². The Morgan fingerprint density at radius 2 is 2.10 bits per heavy atom. The number of fused-ring (bicyclic) bond motifs is 1. The standard InChI is InChI=1S/C16H21NO3S/c1-10-13-11(18)5-4-6-12(13)20-14(10)15(19)17-7-8-21-16(2,3)9-17/h4-9H2,1-3H3. The third-order valence-corrected chi connectivity index (χ3v) is 5.51. The monoisotopic (exact) mass is 307 g/mol. The summed E-state index contributed by atoms with van der Waals surface area (Å²) >= 11 is 1.89. The molecule has 21 heavy (non-hydrogen) atoms. The van der Waals surface area contributed by atoms with Crippen molar-refractivity contribution in [3.05, 3.63) is 22.6 Å². The Labute approximate surface area is 129 Å². The molecule has 0 saturated carbocycles. The van der Waals surface area contributed by atoms with Crippen molar-refractivity contribution < 1.29 is 14.0 Å². The second-order valence-electron chi connectivity index (χ2n) is 6.47. The van der Waals surface area contributed by atoms with E-state index in [1.807, 2.05) is 23.6 Å². The lowest BCUT2D eigenvalue weighted by atomic mass is 9.94. The molecule has 0 spiro atoms. The van der Waals surface area contributed by atoms with Crippen molar-refractivity contribution in [3.63, 3.8) is 0 Å². The summed E-state index contributed by atoms with van der Waals surface area (Å²) in [6.45, 7) is 7.60. The lowest BCUT2D eigenvalue weighted by molar-refractivity contribution is 0.0712. The fourth-order valence-electron chi connectivity index (χ4n) is 3.19. The van der Waals surface area contributed by atoms with Gasteiger partial charge in [-0.25, -0.2) is 0 Å². The van der Waals surface area contributed by atoms with Crippen LogP contribution in [0.1, 0.15) is 58.9 Å². The van der Waals surface area contributed by atoms with Crippen LogP contribution in [0.4, 0.5) is 0 Å². The minimum atomic E-state index is -0.0666. The quantitative estimate of drug-likeness (QED) is 0.800. The zero-order valence-electron chi connectivity index (χ0n) is 12.8. The fraction of sp³-hybridized carbons (Fsp3) is 0.625. The predicted molar refractivity (Wildman–Crippen MR) is 83.2 cm³/mol. The molecule has 1 aliphatic heterocycles. The number of hydrogen-bond donors (Lipinski definition) is 0. The molecule has 0 unspecified atom stereocenters. The summed E-state index contributed by atoms with van der Waals surface area (Å²) in [5.41, 5.74) is 1.39. The Morgan fingerprint density at radius 3 is 2.76 bits per heavy atom. The smallest absolute Gasteiger partial charge is 0.289 e. The van der Waals surface area contributed by atoms with Crippen LogP contribution in [0.2, 0.25) is 0 Å². The maximum Gasteiger partial charge on any atom is 0.289 e. The Kier molecular flexibility index (Phi) is 3.64. The van der Waals surface area contributed by atoms with Crippen LogP contribution in [0.3, 0.4) is 0 Å². The molecule has 1 aromatic rings. The molecule has 1 saturated heterocycles. The normalized spacial score (nSPS) is 21.3. The average Bonchev–Trinajstić information content (AvgIpc) is 2.75. The molecule has 4 nitrogen and oxygen atoms in total. The fourth-order valence-corrected chi connectivity index (χ4v) is 4.30. The number of carbonyl (C=O) groups is 2. The minimum absolute atomic E-state index is 0.0666. The van der Waals surface area contributed by atoms with Gasteiger partial charge in [0.15, 0.2) is 11.5 Å². The van der Waals surface area contributed by atoms with E-state index >= 15 is 0 Å². The van der Waals surface area contributed by atoms with Gasteiger partial charge in [0, 0.05) is 42.0 Å². The molecule has 0 bridgehead atoms. The van der Waals surface area contributed by atoms with Crippen LogP contribution in [-0.4, -0.2) is 40.2 Å². The number of Topliss-reactive ketones (excluding diaryl/α,β-unsaturated/α-hetero) is 1. The molecule has 0 atom stereocenters. The van der Waals surface area contributed by atoms with Gasteiger partial charge in [-0.2, -0.15) is 11.8 Å². The van der Waals surface area contributed by atoms with Crippen molar-refractivity contribution in [3.8, 4) is 0 Å². The zero-order valence-corrected chi connectivity index (χ0v) is 13.6. The van der Waals surface area contributed by atoms with E-state index < -0.39 is 0 Å². The molecular formula is C16H21NO3S. The van der Waals surface area contributed by atoms with Gasteiger partial charge in [-0.3, -0.25) is 9.59 Å². The lowest BCUT2D eigenvalue weighted by Crippen LogP contribution is -2.46. The van der Waals surface area contributed by atoms with Crippen molar-refractivity contribution in [1.82, 2.24) is 4.90 Å². The van der Waals surface area contributed by atoms with E-state index in [-0.39, 0.29) is 16.4 Å². The van der Waals surface area contributed by atoms with Crippen LogP contribution in [0.15, 0.2) is 4.42 Å². The molecule has 0 N–H and O–H groups in total. The van der Waals surface area contributed by atoms with E-state index in [0.29, 0.717) is 23.5 Å². The molecule has 1 amide bonds. The summed E-state index contributed by atoms with van der Waals surface area (Å²) in [7, 11) is 0. The van der Waals surface area contributed by atoms with Gasteiger partial charge in [0.25, 0.3) is 5.91 Å². The molecule has 5 heteroatoms. The molecule has 0 aromatic carbocycles. The first-order valence-corrected chi connectivity index (χ1v) is 8.46. The van der Waals surface area contributed by atoms with E-state index in [1.54, 1.807) is 0 Å². The minimum Gasteiger partial charge on any atom is -0.455 e. The number of carbonyl (C=O) groups excluding carboxylic acids is 2. The van der Waals surface area contributed by atoms with Crippen molar-refractivity contribution in [1.29, 1.82) is 0 Å². The molecular weight excluding hydrogens is 286 g/mol. The summed E-state index contributed by atoms with van der Waals surface area (Å²) in [5.74, 6) is 2.07. The number of aryl methyl sites for hydroxylation is 1. The van der Waals surface area contributed by atoms with E-state index in [4.69, 9.17) is 4.42 Å². The van der Waals surface area contributed by atoms with Gasteiger partial charge in [0.1, 0.15) is 5.76 Å². The highest BCUT2D eigenvalue weighted by Crippen LogP contribution is 2.33. The molecule has 2 aliphatic rings. The first-order chi connectivity index (χ1) is 9.89. The van der Waals surface area contributed by atoms with E-state index in [9.17, 15) is 9.59 Å². The van der Waals surface area contributed by atoms with Crippen molar-refractivity contribution >= 4 is 23.5 Å². The van der Waals surface area contributed by atoms with E-state index in [1.165, 1.54) is 0 Å². The maximum absolute atomic E-state index is 12.7. The van der Waals surface area contributed by atoms with Gasteiger partial charge in [0.05, 0.1) is 5.56 Å². The number of nitrogens with zero attached hydrogens (tertiary/aromatic N) is 1. The largest absolute Gasteiger partial charge is 0.455 e. The number of rotatable bonds is 1. The molecule has 3 rings (SSSR count). The van der Waals surface area contributed by atoms with Gasteiger partial charge in [0.2, 0.25) is 0 Å². The highest BCUT2D eigenvalue weighted by molar-refractivity contribution is 8.00. The predicted octanol–water partition coefficient (Wildman–Crippen LogP) is 3.07. The summed E-state index contributed by atoms with van der Waals surface area (Å²) in [6, 6.07) is 0. The summed E-state index contributed by atoms with van der Waals surface area (Å²) in [4.78, 5) is 26.6. The van der Waals surface area contributed by atoms with Gasteiger partial charge in [-0.1, -0.05) is 0 Å². The summed E-state index contributed by atoms with van der Waals surface area (Å²) in [6.07, 6.45) is 2.14. The SMILES string of the molecule is Cc1c(C(=O)N2CCSC(C)(C)C2)oc2c1C(=O)CCC2. The molecule has 1 aromatic heterocycles. The van der Waals surface area contributed by atoms with Crippen LogP contribution in [0.25, 0.3) is 0 Å². The van der Waals surface area contributed by atoms with E-state index in [2.05, 4.69) is 13.8 Å². The maximum atomic E-state index is 12.7. The van der Waals surface area contributed by atoms with Gasteiger partial charge >= 0.3 is 0 Å². The van der Waals surface area contributed by atoms with E-state index in [0.717, 1.165) is 37.2 Å². The Morgan fingerprint density at radius 1 is 1.33 bits per heavy atom. The summed E-state index contributed by atoms with van der Waals surface area (Å²) in [5, 5.41) is 0. The number of furan rings is 1. The molecule has 0 radical (unpaired) electrons. The lowest BCUT2D eigenvalue weighted by Gasteiger charge is -2.37. The molecule has 114 valence electrons. The van der Waals surface area contributed by atoms with Gasteiger partial charge in [-0.05, 0) is 27.2 Å². The van der Waals surface area contributed by atoms with Crippen LogP contribution in [0, 0.1) is 6.92 Å². The second-order valence-corrected chi connectivity index (χ2v) is 8.27. The van der Waals surface area contributed by atoms with Crippen LogP contribution >= 0.6 is 11.8 Å². The van der Waals surface area contributed by atoms with Crippen LogP contribution < -0.4 is 0 Å². The Hall–Kier alpha value is -1.23. The average molecular weight is 307 g/mol. The van der Waals surface area contributed by atoms with Crippen LogP contribution in [-0.2, 0) is 6.42 Å². The van der Waals surface area contributed by atoms with Crippen molar-refractivity contribution in [2.75, 3.05) is 18.8 Å². The molecule has 2 heterocycles. The third-order valence-electron chi connectivity index (χ3n) is 4.21. The highest BCUT2D eigenvalue weighted by Gasteiger charge is 2.34. The summed E-state index contributed by atoms with van der Waals surface area (Å²) < 4.78 is 5.84. The first kappa shape index (κ1) is 14.7.